The lowest BCUT2D eigenvalue weighted by Crippen LogP contribution is -2.51. The van der Waals surface area contributed by atoms with Crippen molar-refractivity contribution in [1.29, 1.82) is 0 Å². The lowest BCUT2D eigenvalue weighted by Gasteiger charge is -2.34. The number of anilines is 1. The minimum Gasteiger partial charge on any atom is -0.453 e. The van der Waals surface area contributed by atoms with Crippen LogP contribution in [0.3, 0.4) is 0 Å². The first-order valence-electron chi connectivity index (χ1n) is 8.21. The van der Waals surface area contributed by atoms with Crippen molar-refractivity contribution in [3.63, 3.8) is 0 Å². The largest absolute Gasteiger partial charge is 0.453 e. The summed E-state index contributed by atoms with van der Waals surface area (Å²) >= 11 is 0.883. The van der Waals surface area contributed by atoms with Crippen LogP contribution in [0.4, 0.5) is 15.3 Å². The number of methoxy groups -OCH3 is 1. The van der Waals surface area contributed by atoms with Gasteiger partial charge in [0, 0.05) is 32.6 Å². The lowest BCUT2D eigenvalue weighted by atomic mass is 10.2. The zero-order valence-corrected chi connectivity index (χ0v) is 15.1. The fourth-order valence-electron chi connectivity index (χ4n) is 2.95. The van der Waals surface area contributed by atoms with E-state index in [1.807, 2.05) is 0 Å². The van der Waals surface area contributed by atoms with Gasteiger partial charge in [-0.3, -0.25) is 14.4 Å². The third-order valence-electron chi connectivity index (χ3n) is 4.36. The molecular formula is C17H19N3O5S. The molecule has 138 valence electrons. The first-order valence-corrected chi connectivity index (χ1v) is 9.09. The lowest BCUT2D eigenvalue weighted by molar-refractivity contribution is -0.134. The minimum absolute atomic E-state index is 0.0310. The summed E-state index contributed by atoms with van der Waals surface area (Å²) in [6.07, 6.45) is -0.445. The number of carbonyl (C=O) groups excluding carboxylic acids is 4. The molecule has 0 radical (unpaired) electrons. The number of imide groups is 1. The van der Waals surface area contributed by atoms with E-state index in [1.165, 1.54) is 12.0 Å². The minimum atomic E-state index is -0.714. The number of piperazine rings is 1. The second-order valence-electron chi connectivity index (χ2n) is 5.92. The number of hydrogen-bond donors (Lipinski definition) is 0. The van der Waals surface area contributed by atoms with Gasteiger partial charge in [0.1, 0.15) is 5.25 Å². The van der Waals surface area contributed by atoms with E-state index in [9.17, 15) is 19.2 Å². The van der Waals surface area contributed by atoms with Gasteiger partial charge in [0.25, 0.3) is 5.24 Å². The molecule has 0 spiro atoms. The average Bonchev–Trinajstić information content (AvgIpc) is 2.95. The number of para-hydroxylation sites is 1. The maximum atomic E-state index is 12.6. The zero-order valence-electron chi connectivity index (χ0n) is 14.3. The quantitative estimate of drug-likeness (QED) is 0.794. The van der Waals surface area contributed by atoms with Crippen LogP contribution >= 0.6 is 11.8 Å². The van der Waals surface area contributed by atoms with Gasteiger partial charge in [0.05, 0.1) is 12.8 Å². The molecule has 2 saturated heterocycles. The molecule has 1 atom stereocenters. The van der Waals surface area contributed by atoms with Crippen molar-refractivity contribution in [2.75, 3.05) is 38.2 Å². The molecule has 2 aliphatic heterocycles. The number of benzene rings is 1. The van der Waals surface area contributed by atoms with Crippen molar-refractivity contribution in [2.45, 2.75) is 11.7 Å². The second kappa shape index (κ2) is 7.77. The smallest absolute Gasteiger partial charge is 0.409 e. The molecule has 2 fully saturated rings. The molecule has 1 aromatic rings. The number of amides is 4. The molecule has 0 N–H and O–H groups in total. The van der Waals surface area contributed by atoms with E-state index >= 15 is 0 Å². The molecule has 2 heterocycles. The highest BCUT2D eigenvalue weighted by Gasteiger charge is 2.42. The van der Waals surface area contributed by atoms with Gasteiger partial charge in [-0.1, -0.05) is 18.2 Å². The summed E-state index contributed by atoms with van der Waals surface area (Å²) in [5.41, 5.74) is 0.511. The second-order valence-corrected chi connectivity index (χ2v) is 7.08. The van der Waals surface area contributed by atoms with Gasteiger partial charge < -0.3 is 14.5 Å². The van der Waals surface area contributed by atoms with Crippen LogP contribution in [0, 0.1) is 0 Å². The fourth-order valence-corrected chi connectivity index (χ4v) is 3.93. The highest BCUT2D eigenvalue weighted by molar-refractivity contribution is 8.15. The number of nitrogens with zero attached hydrogens (tertiary/aromatic N) is 3. The van der Waals surface area contributed by atoms with Gasteiger partial charge in [-0.05, 0) is 23.9 Å². The van der Waals surface area contributed by atoms with Crippen LogP contribution in [0.25, 0.3) is 0 Å². The van der Waals surface area contributed by atoms with E-state index in [-0.39, 0.29) is 23.5 Å². The van der Waals surface area contributed by atoms with E-state index in [1.54, 1.807) is 35.2 Å². The summed E-state index contributed by atoms with van der Waals surface area (Å²) in [7, 11) is 1.32. The Morgan fingerprint density at radius 2 is 1.69 bits per heavy atom. The highest BCUT2D eigenvalue weighted by Crippen LogP contribution is 2.33. The predicted molar refractivity (Wildman–Crippen MR) is 95.9 cm³/mol. The summed E-state index contributed by atoms with van der Waals surface area (Å²) < 4.78 is 4.67. The van der Waals surface area contributed by atoms with E-state index in [0.717, 1.165) is 16.7 Å². The maximum absolute atomic E-state index is 12.6. The Kier molecular flexibility index (Phi) is 5.46. The Bertz CT molecular complexity index is 718. The van der Waals surface area contributed by atoms with Crippen LogP contribution < -0.4 is 4.90 Å². The van der Waals surface area contributed by atoms with Gasteiger partial charge >= 0.3 is 6.09 Å². The Balaban J connectivity index is 1.58. The Morgan fingerprint density at radius 1 is 1.08 bits per heavy atom. The Hall–Kier alpha value is -2.55. The SMILES string of the molecule is COC(=O)N1CCN(C(=O)C[C@@H]2SC(=O)N(c3ccccc3)C2=O)CC1. The van der Waals surface area contributed by atoms with Crippen LogP contribution in [0.2, 0.25) is 0 Å². The molecule has 0 bridgehead atoms. The van der Waals surface area contributed by atoms with Gasteiger partial charge in [-0.2, -0.15) is 0 Å². The third-order valence-corrected chi connectivity index (χ3v) is 5.40. The number of ether oxygens (including phenoxy) is 1. The first-order chi connectivity index (χ1) is 12.5. The molecule has 2 aliphatic rings. The number of thioether (sulfide) groups is 1. The van der Waals surface area contributed by atoms with Gasteiger partial charge in [-0.15, -0.1) is 0 Å². The van der Waals surface area contributed by atoms with E-state index < -0.39 is 11.3 Å². The summed E-state index contributed by atoms with van der Waals surface area (Å²) in [5.74, 6) is -0.559. The fraction of sp³-hybridized carbons (Fsp3) is 0.412. The summed E-state index contributed by atoms with van der Waals surface area (Å²) in [6, 6.07) is 8.68. The van der Waals surface area contributed by atoms with Crippen molar-refractivity contribution in [1.82, 2.24) is 9.80 Å². The Labute approximate surface area is 155 Å². The molecule has 4 amide bonds. The van der Waals surface area contributed by atoms with Crippen LogP contribution in [0.15, 0.2) is 30.3 Å². The van der Waals surface area contributed by atoms with Crippen molar-refractivity contribution in [2.24, 2.45) is 0 Å². The van der Waals surface area contributed by atoms with Gasteiger partial charge in [0.15, 0.2) is 0 Å². The van der Waals surface area contributed by atoms with Crippen molar-refractivity contribution in [3.8, 4) is 0 Å². The van der Waals surface area contributed by atoms with Crippen LogP contribution in [0.1, 0.15) is 6.42 Å². The molecule has 3 rings (SSSR count). The summed E-state index contributed by atoms with van der Waals surface area (Å²) in [4.78, 5) is 53.0. The molecule has 8 nitrogen and oxygen atoms in total. The highest BCUT2D eigenvalue weighted by atomic mass is 32.2. The van der Waals surface area contributed by atoms with E-state index in [2.05, 4.69) is 4.74 Å². The molecule has 9 heteroatoms. The first kappa shape index (κ1) is 18.2. The molecular weight excluding hydrogens is 358 g/mol. The number of carbonyl (C=O) groups is 4. The average molecular weight is 377 g/mol. The molecule has 26 heavy (non-hydrogen) atoms. The molecule has 0 aliphatic carbocycles. The topological polar surface area (TPSA) is 87.2 Å². The summed E-state index contributed by atoms with van der Waals surface area (Å²) in [6.45, 7) is 1.55. The molecule has 0 unspecified atom stereocenters. The number of hydrogen-bond acceptors (Lipinski definition) is 6. The predicted octanol–water partition coefficient (Wildman–Crippen LogP) is 1.56. The number of rotatable bonds is 3. The normalized spacial score (nSPS) is 20.5. The summed E-state index contributed by atoms with van der Waals surface area (Å²) in [5, 5.41) is -1.08. The van der Waals surface area contributed by atoms with E-state index in [4.69, 9.17) is 0 Å². The van der Waals surface area contributed by atoms with Crippen LogP contribution in [0.5, 0.6) is 0 Å². The van der Waals surface area contributed by atoms with Crippen LogP contribution in [-0.4, -0.2) is 71.5 Å². The Morgan fingerprint density at radius 3 is 2.31 bits per heavy atom. The zero-order chi connectivity index (χ0) is 18.7. The van der Waals surface area contributed by atoms with Crippen LogP contribution in [-0.2, 0) is 14.3 Å². The molecule has 0 saturated carbocycles. The molecule has 1 aromatic carbocycles. The monoisotopic (exact) mass is 377 g/mol. The standard InChI is InChI=1S/C17H19N3O5S/c1-25-16(23)19-9-7-18(8-10-19)14(21)11-13-15(22)20(17(24)26-13)12-5-3-2-4-6-12/h2-6,13H,7-11H2,1H3/t13-/m0/s1. The van der Waals surface area contributed by atoms with Crippen molar-refractivity contribution in [3.05, 3.63) is 30.3 Å². The molecule has 0 aromatic heterocycles. The van der Waals surface area contributed by atoms with Crippen molar-refractivity contribution < 1.29 is 23.9 Å². The maximum Gasteiger partial charge on any atom is 0.409 e. The van der Waals surface area contributed by atoms with Gasteiger partial charge in [0.2, 0.25) is 11.8 Å². The van der Waals surface area contributed by atoms with Crippen molar-refractivity contribution >= 4 is 40.6 Å². The third kappa shape index (κ3) is 3.67. The van der Waals surface area contributed by atoms with E-state index in [0.29, 0.717) is 31.9 Å². The van der Waals surface area contributed by atoms with Gasteiger partial charge in [-0.25, -0.2) is 9.69 Å².